The fraction of sp³-hybridized carbons (Fsp3) is 0.291. The largest absolute Gasteiger partial charge is 0.609 e. The van der Waals surface area contributed by atoms with Crippen LogP contribution in [0.1, 0.15) is 128 Å². The molecule has 0 amide bonds. The Bertz CT molecular complexity index is 2580. The third-order valence-electron chi connectivity index (χ3n) is 11.8. The van der Waals surface area contributed by atoms with Gasteiger partial charge >= 0.3 is 7.40 Å². The van der Waals surface area contributed by atoms with Gasteiger partial charge in [-0.15, -0.1) is 0 Å². The normalized spacial score (nSPS) is 14.9. The van der Waals surface area contributed by atoms with Gasteiger partial charge in [0.05, 0.1) is 16.8 Å². The van der Waals surface area contributed by atoms with E-state index < -0.39 is 7.40 Å². The van der Waals surface area contributed by atoms with Crippen molar-refractivity contribution in [3.8, 4) is 22.4 Å². The molecule has 6 aromatic rings. The predicted octanol–water partition coefficient (Wildman–Crippen LogP) is 14.8. The van der Waals surface area contributed by atoms with Gasteiger partial charge in [-0.05, 0) is 84.4 Å². The van der Waals surface area contributed by atoms with Crippen LogP contribution in [-0.2, 0) is 21.7 Å². The van der Waals surface area contributed by atoms with E-state index in [1.54, 1.807) is 0 Å². The molecule has 0 bridgehead atoms. The molecule has 1 aliphatic rings. The molecule has 60 heavy (non-hydrogen) atoms. The maximum absolute atomic E-state index is 16.3. The second-order valence-corrected chi connectivity index (χ2v) is 20.5. The van der Waals surface area contributed by atoms with Crippen molar-refractivity contribution in [2.24, 2.45) is 0 Å². The number of halogens is 2. The van der Waals surface area contributed by atoms with Crippen LogP contribution < -0.4 is 0 Å². The SMILES string of the molecule is CC(C)(C)c1ccc(C2=CC(c3ccc(C(C)(C)C)cc3)=[N+]([B-](F)F)/C2=C(/c2ccccc2)c2[nH]c(-c3ccc(C(C)(C)C)cc3)cc2-c2ccc(C(C)(C)C)cc2)cc1. The molecule has 1 N–H and O–H groups in total. The lowest BCUT2D eigenvalue weighted by molar-refractivity contribution is -0.338. The molecule has 7 rings (SSSR count). The Balaban J connectivity index is 1.58. The van der Waals surface area contributed by atoms with E-state index in [1.807, 2.05) is 48.5 Å². The minimum Gasteiger partial charge on any atom is -0.433 e. The predicted molar refractivity (Wildman–Crippen MR) is 252 cm³/mol. The summed E-state index contributed by atoms with van der Waals surface area (Å²) in [6, 6.07) is 46.2. The zero-order valence-electron chi connectivity index (χ0n) is 37.6. The summed E-state index contributed by atoms with van der Waals surface area (Å²) >= 11 is 0. The Labute approximate surface area is 358 Å². The van der Waals surface area contributed by atoms with Crippen LogP contribution in [0.15, 0.2) is 145 Å². The third-order valence-corrected chi connectivity index (χ3v) is 11.8. The molecule has 0 saturated carbocycles. The Morgan fingerprint density at radius 1 is 0.483 bits per heavy atom. The standard InChI is InChI=1S/C55H60BF2N2/c1-52(2,3)41-26-18-36(19-27-41)45-34-47(38-22-30-43(31-23-38)54(7,8)9)59-50(45)49(40-16-14-13-15-17-40)51-46(37-20-28-42(29-21-37)53(4,5)6)35-48(60(51)56(57)58)39-24-32-44(33-25-39)55(10,11)12/h13-35,59H,1-12H3/b51-49-. The second kappa shape index (κ2) is 15.8. The van der Waals surface area contributed by atoms with E-state index in [1.165, 1.54) is 21.2 Å². The molecule has 2 heterocycles. The van der Waals surface area contributed by atoms with Gasteiger partial charge in [0, 0.05) is 22.9 Å². The lowest BCUT2D eigenvalue weighted by atomic mass is 9.84. The third kappa shape index (κ3) is 8.68. The van der Waals surface area contributed by atoms with Crippen LogP contribution in [0.25, 0.3) is 33.5 Å². The van der Waals surface area contributed by atoms with Crippen molar-refractivity contribution < 1.29 is 13.1 Å². The van der Waals surface area contributed by atoms with Gasteiger partial charge in [-0.3, -0.25) is 0 Å². The molecule has 0 aliphatic carbocycles. The van der Waals surface area contributed by atoms with Crippen molar-refractivity contribution in [1.29, 1.82) is 0 Å². The Hall–Kier alpha value is -5.55. The fourth-order valence-electron chi connectivity index (χ4n) is 8.05. The molecule has 5 heteroatoms. The number of nitrogens with zero attached hydrogens (tertiary/aromatic N) is 1. The molecule has 0 unspecified atom stereocenters. The van der Waals surface area contributed by atoms with E-state index in [0.29, 0.717) is 17.0 Å². The number of benzene rings is 5. The minimum atomic E-state index is -2.84. The number of hydrogen-bond acceptors (Lipinski definition) is 0. The Kier molecular flexibility index (Phi) is 11.2. The number of H-pyrrole nitrogens is 1. The molecule has 0 spiro atoms. The first kappa shape index (κ1) is 42.6. The van der Waals surface area contributed by atoms with Gasteiger partial charge in [0.15, 0.2) is 11.4 Å². The molecule has 1 radical (unpaired) electrons. The highest BCUT2D eigenvalue weighted by Gasteiger charge is 2.38. The summed E-state index contributed by atoms with van der Waals surface area (Å²) in [5, 5.41) is 0. The first-order valence-corrected chi connectivity index (χ1v) is 21.2. The summed E-state index contributed by atoms with van der Waals surface area (Å²) in [4.78, 5) is 3.85. The van der Waals surface area contributed by atoms with Gasteiger partial charge in [0.1, 0.15) is 0 Å². The van der Waals surface area contributed by atoms with Gasteiger partial charge in [0.25, 0.3) is 0 Å². The summed E-state index contributed by atoms with van der Waals surface area (Å²) < 4.78 is 33.9. The van der Waals surface area contributed by atoms with E-state index in [4.69, 9.17) is 0 Å². The molecule has 307 valence electrons. The van der Waals surface area contributed by atoms with Crippen molar-refractivity contribution >= 4 is 24.3 Å². The van der Waals surface area contributed by atoms with Crippen molar-refractivity contribution in [3.63, 3.8) is 0 Å². The quantitative estimate of drug-likeness (QED) is 0.155. The van der Waals surface area contributed by atoms with Crippen LogP contribution in [0.2, 0.25) is 0 Å². The lowest BCUT2D eigenvalue weighted by Gasteiger charge is -2.22. The van der Waals surface area contributed by atoms with Crippen molar-refractivity contribution in [3.05, 3.63) is 190 Å². The van der Waals surface area contributed by atoms with Crippen LogP contribution in [0.3, 0.4) is 0 Å². The summed E-state index contributed by atoms with van der Waals surface area (Å²) in [5.74, 6) is 0. The van der Waals surface area contributed by atoms with Crippen molar-refractivity contribution in [2.45, 2.75) is 105 Å². The van der Waals surface area contributed by atoms with Gasteiger partial charge in [-0.2, -0.15) is 0 Å². The first-order chi connectivity index (χ1) is 28.1. The van der Waals surface area contributed by atoms with Gasteiger partial charge in [0.2, 0.25) is 0 Å². The van der Waals surface area contributed by atoms with Crippen LogP contribution >= 0.6 is 0 Å². The van der Waals surface area contributed by atoms with E-state index in [2.05, 4.69) is 179 Å². The monoisotopic (exact) mass is 797 g/mol. The molecular weight excluding hydrogens is 737 g/mol. The highest BCUT2D eigenvalue weighted by molar-refractivity contribution is 6.37. The van der Waals surface area contributed by atoms with Crippen LogP contribution in [0.5, 0.6) is 0 Å². The Morgan fingerprint density at radius 3 is 1.30 bits per heavy atom. The highest BCUT2D eigenvalue weighted by atomic mass is 19.2. The number of hydrogen-bond donors (Lipinski definition) is 1. The summed E-state index contributed by atoms with van der Waals surface area (Å²) in [5.41, 5.74) is 14.1. The molecule has 1 aromatic heterocycles. The average molecular weight is 798 g/mol. The summed E-state index contributed by atoms with van der Waals surface area (Å²) in [6.45, 7) is 26.4. The minimum absolute atomic E-state index is 0.000575. The average Bonchev–Trinajstić information content (AvgIpc) is 3.81. The molecule has 5 aromatic carbocycles. The zero-order chi connectivity index (χ0) is 43.4. The molecule has 0 fully saturated rings. The van der Waals surface area contributed by atoms with Gasteiger partial charge in [-0.25, -0.2) is 0 Å². The van der Waals surface area contributed by atoms with E-state index in [-0.39, 0.29) is 21.7 Å². The number of aromatic nitrogens is 1. The number of nitrogens with one attached hydrogen (secondary N) is 1. The van der Waals surface area contributed by atoms with Crippen LogP contribution in [-0.4, -0.2) is 22.6 Å². The van der Waals surface area contributed by atoms with E-state index in [0.717, 1.165) is 55.9 Å². The van der Waals surface area contributed by atoms with E-state index in [9.17, 15) is 0 Å². The van der Waals surface area contributed by atoms with Gasteiger partial charge in [-0.1, -0.05) is 198 Å². The van der Waals surface area contributed by atoms with Crippen LogP contribution in [0, 0.1) is 0 Å². The second-order valence-electron chi connectivity index (χ2n) is 20.5. The summed E-state index contributed by atoms with van der Waals surface area (Å²) in [7, 11) is -2.84. The van der Waals surface area contributed by atoms with Gasteiger partial charge < -0.3 is 18.1 Å². The summed E-state index contributed by atoms with van der Waals surface area (Å²) in [6.07, 6.45) is 1.97. The zero-order valence-corrected chi connectivity index (χ0v) is 37.6. The first-order valence-electron chi connectivity index (χ1n) is 21.2. The maximum atomic E-state index is 16.3. The van der Waals surface area contributed by atoms with Crippen molar-refractivity contribution in [1.82, 2.24) is 4.98 Å². The fourth-order valence-corrected chi connectivity index (χ4v) is 8.05. The lowest BCUT2D eigenvalue weighted by Crippen LogP contribution is -2.27. The smallest absolute Gasteiger partial charge is 0.433 e. The highest BCUT2D eigenvalue weighted by Crippen LogP contribution is 2.44. The molecule has 0 atom stereocenters. The van der Waals surface area contributed by atoms with Crippen molar-refractivity contribution in [2.75, 3.05) is 0 Å². The van der Waals surface area contributed by atoms with Crippen LogP contribution in [0.4, 0.5) is 8.63 Å². The number of rotatable bonds is 7. The number of allylic oxidation sites excluding steroid dienone is 2. The number of aromatic amines is 1. The topological polar surface area (TPSA) is 18.8 Å². The maximum Gasteiger partial charge on any atom is 0.609 e. The molecule has 2 nitrogen and oxygen atoms in total. The Morgan fingerprint density at radius 2 is 0.883 bits per heavy atom. The molecule has 1 aliphatic heterocycles. The molecular formula is C55H60BF2N2. The molecule has 0 saturated heterocycles. The van der Waals surface area contributed by atoms with E-state index >= 15 is 8.63 Å².